The van der Waals surface area contributed by atoms with E-state index < -0.39 is 7.82 Å². The second kappa shape index (κ2) is 9.40. The molecule has 0 aliphatic heterocycles. The Balaban J connectivity index is -0.0000000267. The molecule has 0 aromatic rings. The largest absolute Gasteiger partial charge is 1.00 e. The molecule has 0 atom stereocenters. The molecule has 40 valence electrons. The van der Waals surface area contributed by atoms with E-state index in [-0.39, 0.29) is 71.5 Å². The second-order valence-corrected chi connectivity index (χ2v) is 1.34. The zero-order chi connectivity index (χ0) is 4.50. The first-order valence-electron chi connectivity index (χ1n) is 0.730. The van der Waals surface area contributed by atoms with Crippen LogP contribution in [-0.2, 0) is 4.57 Å². The van der Waals surface area contributed by atoms with Crippen LogP contribution >= 0.6 is 7.82 Å². The van der Waals surface area contributed by atoms with E-state index in [2.05, 4.69) is 0 Å². The van der Waals surface area contributed by atoms with Crippen molar-refractivity contribution in [3.63, 3.8) is 0 Å². The molecule has 0 amide bonds. The molecule has 0 aromatic heterocycles. The molecule has 8 heteroatoms. The first-order chi connectivity index (χ1) is 2.00. The van der Waals surface area contributed by atoms with Crippen molar-refractivity contribution in [1.82, 2.24) is 0 Å². The van der Waals surface area contributed by atoms with Gasteiger partial charge in [0.2, 0.25) is 0 Å². The molecule has 0 rings (SSSR count). The smallest absolute Gasteiger partial charge is 0.822 e. The van der Waals surface area contributed by atoms with Gasteiger partial charge in [-0.25, -0.2) is 0 Å². The molecule has 4 nitrogen and oxygen atoms in total. The van der Waals surface area contributed by atoms with Gasteiger partial charge < -0.3 is 19.2 Å². The molecule has 0 aliphatic carbocycles. The first kappa shape index (κ1) is 22.4. The van der Waals surface area contributed by atoms with Crippen molar-refractivity contribution in [1.29, 1.82) is 0 Å². The molecular formula is H2ClNa2O4P. The van der Waals surface area contributed by atoms with Crippen molar-refractivity contribution in [2.24, 2.45) is 0 Å². The van der Waals surface area contributed by atoms with Gasteiger partial charge in [0, 0.05) is 0 Å². The zero-order valence-electron chi connectivity index (χ0n) is 4.53. The quantitative estimate of drug-likeness (QED) is 0.272. The zero-order valence-corrected chi connectivity index (χ0v) is 10.3. The van der Waals surface area contributed by atoms with Gasteiger partial charge in [0.15, 0.2) is 0 Å². The molecule has 0 bridgehead atoms. The molecule has 0 spiro atoms. The van der Waals surface area contributed by atoms with E-state index in [1.54, 1.807) is 0 Å². The van der Waals surface area contributed by atoms with E-state index in [1.165, 1.54) is 0 Å². The minimum Gasteiger partial charge on any atom is -0.822 e. The van der Waals surface area contributed by atoms with Crippen LogP contribution in [0.3, 0.4) is 0 Å². The maximum absolute atomic E-state index is 8.55. The van der Waals surface area contributed by atoms with Gasteiger partial charge in [-0.3, -0.25) is 0 Å². The molecule has 0 fully saturated rings. The van der Waals surface area contributed by atoms with Crippen molar-refractivity contribution in [3.05, 3.63) is 0 Å². The van der Waals surface area contributed by atoms with Crippen LogP contribution in [-0.4, -0.2) is 0 Å². The summed E-state index contributed by atoms with van der Waals surface area (Å²) in [6.45, 7) is 0. The summed E-state index contributed by atoms with van der Waals surface area (Å²) in [5, 5.41) is 0. The summed E-state index contributed by atoms with van der Waals surface area (Å²) in [5.74, 6) is 0. The van der Waals surface area contributed by atoms with Crippen LogP contribution in [0.2, 0.25) is 0 Å². The topological polar surface area (TPSA) is 86.2 Å². The fourth-order valence-corrected chi connectivity index (χ4v) is 0. The Kier molecular flexibility index (Phi) is 26.4. The van der Waals surface area contributed by atoms with Crippen molar-refractivity contribution in [3.8, 4) is 0 Å². The predicted octanol–water partition coefficient (Wildman–Crippen LogP) is -9.35. The van der Waals surface area contributed by atoms with E-state index in [4.69, 9.17) is 19.2 Å². The molecule has 0 aromatic carbocycles. The van der Waals surface area contributed by atoms with Crippen molar-refractivity contribution in [2.45, 2.75) is 0 Å². The summed E-state index contributed by atoms with van der Waals surface area (Å²) < 4.78 is 8.55. The molecule has 0 aliphatic rings. The summed E-state index contributed by atoms with van der Waals surface area (Å²) in [4.78, 5) is 25.6. The fourth-order valence-electron chi connectivity index (χ4n) is 0. The third-order valence-corrected chi connectivity index (χ3v) is 0. The summed E-state index contributed by atoms with van der Waals surface area (Å²) in [5.41, 5.74) is 0. The SMILES string of the molecule is O=P([O-])([O-])[O-].[ClH2+].[Na+].[Na+]. The summed E-state index contributed by atoms with van der Waals surface area (Å²) in [6, 6.07) is 0. The monoisotopic (exact) mass is 178 g/mol. The van der Waals surface area contributed by atoms with Crippen LogP contribution in [0, 0.1) is 12.4 Å². The number of hydrogen-bond donors (Lipinski definition) is 0. The Labute approximate surface area is 97.3 Å². The van der Waals surface area contributed by atoms with Gasteiger partial charge in [-0.2, -0.15) is 7.82 Å². The van der Waals surface area contributed by atoms with E-state index >= 15 is 0 Å². The van der Waals surface area contributed by atoms with Gasteiger partial charge in [-0.15, -0.1) is 0 Å². The second-order valence-electron chi connectivity index (χ2n) is 0.447. The van der Waals surface area contributed by atoms with Crippen molar-refractivity contribution < 1.29 is 90.8 Å². The molecule has 0 saturated carbocycles. The molecule has 0 saturated heterocycles. The van der Waals surface area contributed by atoms with Gasteiger partial charge in [-0.1, -0.05) is 0 Å². The van der Waals surface area contributed by atoms with E-state index in [0.29, 0.717) is 0 Å². The normalized spacial score (nSPS) is 7.38. The Morgan fingerprint density at radius 3 is 1.00 bits per heavy atom. The van der Waals surface area contributed by atoms with Crippen LogP contribution < -0.4 is 73.8 Å². The molecular weight excluding hydrogens is 176 g/mol. The average Bonchev–Trinajstić information content (AvgIpc) is 0.722. The minimum absolute atomic E-state index is 0. The van der Waals surface area contributed by atoms with Gasteiger partial charge in [0.25, 0.3) is 0 Å². The molecule has 8 heavy (non-hydrogen) atoms. The fraction of sp³-hybridized carbons (Fsp3) is 0. The summed E-state index contributed by atoms with van der Waals surface area (Å²) in [6.07, 6.45) is 0. The van der Waals surface area contributed by atoms with Crippen LogP contribution in [0.15, 0.2) is 0 Å². The number of hydrogen-bond acceptors (Lipinski definition) is 4. The molecule has 0 radical (unpaired) electrons. The van der Waals surface area contributed by atoms with E-state index in [1.807, 2.05) is 0 Å². The number of rotatable bonds is 0. The van der Waals surface area contributed by atoms with Gasteiger partial charge >= 0.3 is 59.1 Å². The van der Waals surface area contributed by atoms with Gasteiger partial charge in [0.05, 0.1) is 12.4 Å². The van der Waals surface area contributed by atoms with Crippen LogP contribution in [0.4, 0.5) is 0 Å². The Morgan fingerprint density at radius 1 is 1.00 bits per heavy atom. The summed E-state index contributed by atoms with van der Waals surface area (Å²) in [7, 11) is -5.39. The Hall–Kier alpha value is 2.40. The van der Waals surface area contributed by atoms with E-state index in [0.717, 1.165) is 0 Å². The average molecular weight is 178 g/mol. The van der Waals surface area contributed by atoms with Crippen LogP contribution in [0.5, 0.6) is 0 Å². The third-order valence-electron chi connectivity index (χ3n) is 0. The molecule has 0 N–H and O–H groups in total. The van der Waals surface area contributed by atoms with Crippen molar-refractivity contribution in [2.75, 3.05) is 0 Å². The number of phosphoric acid groups is 1. The molecule has 0 heterocycles. The van der Waals surface area contributed by atoms with Crippen molar-refractivity contribution >= 4 is 7.82 Å². The Morgan fingerprint density at radius 2 is 1.00 bits per heavy atom. The Bertz CT molecular complexity index is 60.2. The standard InChI is InChI=1S/ClH2.2Na.H3O4P/c;;;1-5(2,3)4/h1H2;;;(H3,1,2,3,4)/q3*+1;/p-3. The molecule has 0 unspecified atom stereocenters. The summed E-state index contributed by atoms with van der Waals surface area (Å²) >= 11 is 0. The predicted molar refractivity (Wildman–Crippen MR) is 10.4 cm³/mol. The van der Waals surface area contributed by atoms with E-state index in [9.17, 15) is 0 Å². The maximum atomic E-state index is 8.55. The van der Waals surface area contributed by atoms with Gasteiger partial charge in [-0.05, 0) is 0 Å². The maximum Gasteiger partial charge on any atom is 1.00 e. The van der Waals surface area contributed by atoms with Crippen LogP contribution in [0.1, 0.15) is 0 Å². The van der Waals surface area contributed by atoms with Crippen LogP contribution in [0.25, 0.3) is 0 Å². The first-order valence-corrected chi connectivity index (χ1v) is 2.19. The van der Waals surface area contributed by atoms with Gasteiger partial charge in [0.1, 0.15) is 0 Å². The number of halogens is 1. The minimum atomic E-state index is -5.39. The third kappa shape index (κ3) is 79.9.